The fraction of sp³-hybridized carbons (Fsp3) is 0.207. The minimum Gasteiger partial charge on any atom is -0.406 e. The number of rotatable bonds is 6. The average molecular weight is 569 g/mol. The lowest BCUT2D eigenvalue weighted by Gasteiger charge is -2.14. The molecule has 0 radical (unpaired) electrons. The molecule has 40 heavy (non-hydrogen) atoms. The summed E-state index contributed by atoms with van der Waals surface area (Å²) >= 11 is 1.02. The second-order valence-electron chi connectivity index (χ2n) is 9.37. The number of amides is 2. The zero-order valence-electron chi connectivity index (χ0n) is 22.1. The predicted octanol–water partition coefficient (Wildman–Crippen LogP) is 6.45. The van der Waals surface area contributed by atoms with E-state index in [9.17, 15) is 22.8 Å². The Morgan fingerprint density at radius 1 is 0.900 bits per heavy atom. The Bertz CT molecular complexity index is 1490. The summed E-state index contributed by atoms with van der Waals surface area (Å²) in [5, 5.41) is 4.83. The molecule has 2 amide bonds. The highest BCUT2D eigenvalue weighted by atomic mass is 32.2. The number of alkyl halides is 3. The molecule has 1 atom stereocenters. The summed E-state index contributed by atoms with van der Waals surface area (Å²) in [6.45, 7) is 7.68. The minimum atomic E-state index is -4.83. The molecule has 0 fully saturated rings. The molecule has 1 heterocycles. The average Bonchev–Trinajstić information content (AvgIpc) is 3.18. The number of hydrogen-bond donors (Lipinski definition) is 3. The molecule has 3 aromatic rings. The first-order valence-electron chi connectivity index (χ1n) is 12.2. The molecule has 0 aliphatic carbocycles. The van der Waals surface area contributed by atoms with Gasteiger partial charge in [0.25, 0.3) is 5.91 Å². The molecule has 0 aromatic heterocycles. The van der Waals surface area contributed by atoms with Gasteiger partial charge in [-0.25, -0.2) is 4.99 Å². The van der Waals surface area contributed by atoms with E-state index in [-0.39, 0.29) is 22.0 Å². The van der Waals surface area contributed by atoms with Gasteiger partial charge in [0, 0.05) is 17.1 Å². The third kappa shape index (κ3) is 6.84. The summed E-state index contributed by atoms with van der Waals surface area (Å²) in [5.74, 6) is -1.49. The first-order chi connectivity index (χ1) is 18.8. The van der Waals surface area contributed by atoms with Crippen LogP contribution in [0.2, 0.25) is 0 Å². The van der Waals surface area contributed by atoms with E-state index in [0.717, 1.165) is 46.1 Å². The van der Waals surface area contributed by atoms with Crippen molar-refractivity contribution < 1.29 is 27.5 Å². The Balaban J connectivity index is 1.63. The monoisotopic (exact) mass is 568 g/mol. The summed E-state index contributed by atoms with van der Waals surface area (Å²) < 4.78 is 41.2. The molecule has 1 aliphatic rings. The van der Waals surface area contributed by atoms with Crippen molar-refractivity contribution in [3.8, 4) is 5.75 Å². The summed E-state index contributed by atoms with van der Waals surface area (Å²) in [7, 11) is 0. The zero-order chi connectivity index (χ0) is 29.2. The molecular formula is C29H27F3N4O3S. The second-order valence-corrected chi connectivity index (χ2v) is 10.5. The molecule has 7 nitrogen and oxygen atoms in total. The van der Waals surface area contributed by atoms with Crippen LogP contribution in [0.15, 0.2) is 76.9 Å². The van der Waals surface area contributed by atoms with Gasteiger partial charge >= 0.3 is 6.36 Å². The zero-order valence-corrected chi connectivity index (χ0v) is 23.0. The maximum absolute atomic E-state index is 13.6. The summed E-state index contributed by atoms with van der Waals surface area (Å²) in [4.78, 5) is 31.4. The van der Waals surface area contributed by atoms with Gasteiger partial charge in [0.1, 0.15) is 16.0 Å². The van der Waals surface area contributed by atoms with Crippen LogP contribution in [0, 0.1) is 27.7 Å². The van der Waals surface area contributed by atoms with Gasteiger partial charge in [-0.1, -0.05) is 47.2 Å². The standard InChI is InChI=1S/C29H27F3N4O3S/c1-15-5-7-20(8-6-15)35-28-22(26(37)36-24-17(3)13-16(2)14-18(24)4)23(33)25(40-28)27(38)34-19-9-11-21(12-10-19)39-29(30,31)32/h5-14,25H,33H2,1-4H3,(H,34,38)(H,36,37)/t25-/m0/s1. The third-order valence-electron chi connectivity index (χ3n) is 6.02. The maximum Gasteiger partial charge on any atom is 0.573 e. The van der Waals surface area contributed by atoms with Crippen LogP contribution in [0.25, 0.3) is 0 Å². The van der Waals surface area contributed by atoms with Gasteiger partial charge in [-0.05, 0) is 75.2 Å². The molecule has 11 heteroatoms. The van der Waals surface area contributed by atoms with E-state index in [1.54, 1.807) is 12.1 Å². The maximum atomic E-state index is 13.6. The van der Waals surface area contributed by atoms with Crippen LogP contribution in [-0.4, -0.2) is 28.5 Å². The van der Waals surface area contributed by atoms with Gasteiger partial charge in [0.2, 0.25) is 5.91 Å². The normalized spacial score (nSPS) is 16.3. The Morgan fingerprint density at radius 3 is 2.08 bits per heavy atom. The lowest BCUT2D eigenvalue weighted by atomic mass is 10.0. The number of benzene rings is 3. The second kappa shape index (κ2) is 11.5. The smallest absolute Gasteiger partial charge is 0.406 e. The predicted molar refractivity (Wildman–Crippen MR) is 152 cm³/mol. The number of ether oxygens (including phenoxy) is 1. The Morgan fingerprint density at radius 2 is 1.50 bits per heavy atom. The Hall–Kier alpha value is -4.25. The fourth-order valence-corrected chi connectivity index (χ4v) is 5.35. The SMILES string of the molecule is Cc1ccc(N=C2S[C@H](C(=O)Nc3ccc(OC(F)(F)F)cc3)C(N)=C2C(=O)Nc2c(C)cc(C)cc2C)cc1. The largest absolute Gasteiger partial charge is 0.573 e. The van der Waals surface area contributed by atoms with Crippen molar-refractivity contribution in [2.45, 2.75) is 39.3 Å². The molecule has 0 saturated heterocycles. The number of nitrogens with two attached hydrogens (primary N) is 1. The molecule has 0 bridgehead atoms. The number of aliphatic imine (C=N–C) groups is 1. The lowest BCUT2D eigenvalue weighted by molar-refractivity contribution is -0.274. The molecule has 0 unspecified atom stereocenters. The van der Waals surface area contributed by atoms with Crippen molar-refractivity contribution in [1.29, 1.82) is 0 Å². The van der Waals surface area contributed by atoms with Crippen LogP contribution in [0.5, 0.6) is 5.75 Å². The highest BCUT2D eigenvalue weighted by Gasteiger charge is 2.39. The third-order valence-corrected chi connectivity index (χ3v) is 7.24. The van der Waals surface area contributed by atoms with E-state index in [1.807, 2.05) is 52.0 Å². The van der Waals surface area contributed by atoms with E-state index >= 15 is 0 Å². The van der Waals surface area contributed by atoms with Crippen LogP contribution in [-0.2, 0) is 9.59 Å². The number of carbonyl (C=O) groups excluding carboxylic acids is 2. The number of nitrogens with one attached hydrogen (secondary N) is 2. The summed E-state index contributed by atoms with van der Waals surface area (Å²) in [5.41, 5.74) is 11.8. The molecule has 0 saturated carbocycles. The quantitative estimate of drug-likeness (QED) is 0.317. The molecule has 3 aromatic carbocycles. The number of thioether (sulfide) groups is 1. The van der Waals surface area contributed by atoms with Gasteiger partial charge in [-0.3, -0.25) is 9.59 Å². The van der Waals surface area contributed by atoms with Crippen LogP contribution in [0.1, 0.15) is 22.3 Å². The van der Waals surface area contributed by atoms with Gasteiger partial charge in [-0.15, -0.1) is 13.2 Å². The van der Waals surface area contributed by atoms with Gasteiger partial charge in [0.05, 0.1) is 11.3 Å². The van der Waals surface area contributed by atoms with E-state index < -0.39 is 29.2 Å². The lowest BCUT2D eigenvalue weighted by Crippen LogP contribution is -2.29. The number of nitrogens with zero attached hydrogens (tertiary/aromatic N) is 1. The molecular weight excluding hydrogens is 541 g/mol. The van der Waals surface area contributed by atoms with Crippen molar-refractivity contribution in [2.24, 2.45) is 10.7 Å². The van der Waals surface area contributed by atoms with Crippen LogP contribution < -0.4 is 21.1 Å². The van der Waals surface area contributed by atoms with E-state index in [2.05, 4.69) is 20.4 Å². The van der Waals surface area contributed by atoms with Gasteiger partial charge in [-0.2, -0.15) is 0 Å². The molecule has 4 N–H and O–H groups in total. The first kappa shape index (κ1) is 28.8. The van der Waals surface area contributed by atoms with Crippen LogP contribution in [0.4, 0.5) is 30.2 Å². The number of anilines is 2. The number of carbonyl (C=O) groups is 2. The van der Waals surface area contributed by atoms with Crippen LogP contribution in [0.3, 0.4) is 0 Å². The molecule has 1 aliphatic heterocycles. The van der Waals surface area contributed by atoms with Crippen molar-refractivity contribution in [1.82, 2.24) is 0 Å². The Kier molecular flexibility index (Phi) is 8.24. The highest BCUT2D eigenvalue weighted by molar-refractivity contribution is 8.16. The van der Waals surface area contributed by atoms with Gasteiger partial charge in [0.15, 0.2) is 0 Å². The van der Waals surface area contributed by atoms with Crippen LogP contribution >= 0.6 is 11.8 Å². The van der Waals surface area contributed by atoms with E-state index in [4.69, 9.17) is 5.73 Å². The molecule has 4 rings (SSSR count). The summed E-state index contributed by atoms with van der Waals surface area (Å²) in [6, 6.07) is 16.0. The number of aryl methyl sites for hydroxylation is 4. The summed E-state index contributed by atoms with van der Waals surface area (Å²) in [6.07, 6.45) is -4.83. The van der Waals surface area contributed by atoms with E-state index in [0.29, 0.717) is 11.4 Å². The van der Waals surface area contributed by atoms with Crippen molar-refractivity contribution in [3.05, 3.63) is 94.2 Å². The van der Waals surface area contributed by atoms with Crippen molar-refractivity contribution >= 4 is 45.7 Å². The molecule has 0 spiro atoms. The highest BCUT2D eigenvalue weighted by Crippen LogP contribution is 2.36. The Labute approximate surface area is 233 Å². The number of hydrogen-bond acceptors (Lipinski definition) is 6. The van der Waals surface area contributed by atoms with E-state index in [1.165, 1.54) is 12.1 Å². The van der Waals surface area contributed by atoms with Crippen molar-refractivity contribution in [2.75, 3.05) is 10.6 Å². The van der Waals surface area contributed by atoms with Crippen molar-refractivity contribution in [3.63, 3.8) is 0 Å². The van der Waals surface area contributed by atoms with Gasteiger partial charge < -0.3 is 21.1 Å². The minimum absolute atomic E-state index is 0.0188. The fourth-order valence-electron chi connectivity index (χ4n) is 4.23. The topological polar surface area (TPSA) is 106 Å². The number of halogens is 3. The first-order valence-corrected chi connectivity index (χ1v) is 13.1. The molecule has 208 valence electrons.